The molecular formula is C27H25F3N4O3. The third kappa shape index (κ3) is 4.14. The molecule has 7 nitrogen and oxygen atoms in total. The van der Waals surface area contributed by atoms with Crippen molar-refractivity contribution in [2.24, 2.45) is 0 Å². The van der Waals surface area contributed by atoms with E-state index >= 15 is 0 Å². The number of alkyl halides is 3. The van der Waals surface area contributed by atoms with E-state index in [0.29, 0.717) is 12.8 Å². The van der Waals surface area contributed by atoms with Gasteiger partial charge in [-0.15, -0.1) is 13.2 Å². The number of hydrogen-bond acceptors (Lipinski definition) is 5. The number of nitrogens with zero attached hydrogens (tertiary/aromatic N) is 4. The van der Waals surface area contributed by atoms with E-state index in [1.807, 2.05) is 30.5 Å². The minimum Gasteiger partial charge on any atom is -0.406 e. The summed E-state index contributed by atoms with van der Waals surface area (Å²) in [5.41, 5.74) is 2.03. The molecule has 10 heteroatoms. The Hall–Kier alpha value is -3.82. The van der Waals surface area contributed by atoms with Crippen LogP contribution in [0.25, 0.3) is 10.9 Å². The van der Waals surface area contributed by atoms with Crippen LogP contribution in [-0.2, 0) is 11.3 Å². The summed E-state index contributed by atoms with van der Waals surface area (Å²) in [5.74, 6) is -0.761. The van der Waals surface area contributed by atoms with Crippen molar-refractivity contribution in [3.63, 3.8) is 0 Å². The van der Waals surface area contributed by atoms with E-state index in [9.17, 15) is 22.8 Å². The highest BCUT2D eigenvalue weighted by molar-refractivity contribution is 6.24. The van der Waals surface area contributed by atoms with Crippen molar-refractivity contribution in [2.45, 2.75) is 50.6 Å². The minimum absolute atomic E-state index is 0.217. The maximum Gasteiger partial charge on any atom is 0.573 e. The molecule has 3 heterocycles. The fourth-order valence-corrected chi connectivity index (χ4v) is 5.48. The third-order valence-corrected chi connectivity index (χ3v) is 7.47. The molecule has 0 radical (unpaired) electrons. The van der Waals surface area contributed by atoms with Crippen molar-refractivity contribution in [3.8, 4) is 5.75 Å². The van der Waals surface area contributed by atoms with Gasteiger partial charge >= 0.3 is 12.4 Å². The molecule has 37 heavy (non-hydrogen) atoms. The number of carbonyl (C=O) groups is 2. The second-order valence-electron chi connectivity index (χ2n) is 9.77. The highest BCUT2D eigenvalue weighted by Gasteiger charge is 2.65. The van der Waals surface area contributed by atoms with Crippen molar-refractivity contribution < 1.29 is 27.5 Å². The molecule has 2 aromatic carbocycles. The highest BCUT2D eigenvalue weighted by atomic mass is 19.4. The molecule has 0 N–H and O–H groups in total. The maximum absolute atomic E-state index is 13.7. The van der Waals surface area contributed by atoms with E-state index in [1.54, 1.807) is 4.90 Å². The van der Waals surface area contributed by atoms with Crippen LogP contribution in [0.2, 0.25) is 0 Å². The third-order valence-electron chi connectivity index (χ3n) is 7.47. The molecule has 1 spiro atoms. The second kappa shape index (κ2) is 8.64. The molecule has 3 fully saturated rings. The number of pyridine rings is 1. The summed E-state index contributed by atoms with van der Waals surface area (Å²) in [6, 6.07) is 12.1. The molecule has 0 atom stereocenters. The number of aromatic nitrogens is 1. The Kier molecular flexibility index (Phi) is 5.50. The van der Waals surface area contributed by atoms with Crippen molar-refractivity contribution in [1.29, 1.82) is 0 Å². The van der Waals surface area contributed by atoms with Crippen LogP contribution in [0.1, 0.15) is 37.7 Å². The van der Waals surface area contributed by atoms with Gasteiger partial charge in [0.05, 0.1) is 29.6 Å². The van der Waals surface area contributed by atoms with Crippen molar-refractivity contribution in [2.75, 3.05) is 22.9 Å². The first-order chi connectivity index (χ1) is 17.8. The molecule has 0 bridgehead atoms. The Morgan fingerprint density at radius 1 is 0.946 bits per heavy atom. The number of piperidine rings is 1. The Bertz CT molecular complexity index is 1370. The lowest BCUT2D eigenvalue weighted by atomic mass is 10.0. The predicted octanol–water partition coefficient (Wildman–Crippen LogP) is 5.63. The maximum atomic E-state index is 13.7. The van der Waals surface area contributed by atoms with E-state index in [4.69, 9.17) is 0 Å². The van der Waals surface area contributed by atoms with Gasteiger partial charge in [0.1, 0.15) is 11.3 Å². The number of anilines is 2. The Labute approximate surface area is 211 Å². The Morgan fingerprint density at radius 3 is 2.32 bits per heavy atom. The van der Waals surface area contributed by atoms with Crippen LogP contribution in [0, 0.1) is 0 Å². The van der Waals surface area contributed by atoms with Crippen LogP contribution >= 0.6 is 0 Å². The van der Waals surface area contributed by atoms with E-state index in [1.165, 1.54) is 18.6 Å². The second-order valence-corrected chi connectivity index (χ2v) is 9.77. The SMILES string of the molecule is O=C1N(c2ccc(OC(F)(F)F)cc2)C(=O)C2(CC2)N1Cc1c(N2CCCCC2)cnc2ccccc12. The fraction of sp³-hybridized carbons (Fsp3) is 0.370. The standard InChI is InChI=1S/C27H25F3N4O3/c28-27(29,30)37-19-10-8-18(9-11-19)34-24(35)26(12-13-26)33(25(34)36)17-21-20-6-2-3-7-22(20)31-16-23(21)32-14-4-1-5-15-32/h2-3,6-11,16H,1,4-5,12-15,17H2. The van der Waals surface area contributed by atoms with Crippen LogP contribution in [-0.4, -0.2) is 46.8 Å². The van der Waals surface area contributed by atoms with Crippen molar-refractivity contribution >= 4 is 34.2 Å². The van der Waals surface area contributed by atoms with Crippen LogP contribution in [0.3, 0.4) is 0 Å². The van der Waals surface area contributed by atoms with Crippen LogP contribution in [0.5, 0.6) is 5.75 Å². The highest BCUT2D eigenvalue weighted by Crippen LogP contribution is 2.50. The number of fused-ring (bicyclic) bond motifs is 1. The lowest BCUT2D eigenvalue weighted by Crippen LogP contribution is -2.38. The quantitative estimate of drug-likeness (QED) is 0.417. The number of halogens is 3. The number of ether oxygens (including phenoxy) is 1. The Balaban J connectivity index is 1.35. The van der Waals surface area contributed by atoms with Crippen molar-refractivity contribution in [1.82, 2.24) is 9.88 Å². The molecule has 6 rings (SSSR count). The zero-order valence-corrected chi connectivity index (χ0v) is 20.0. The van der Waals surface area contributed by atoms with Gasteiger partial charge in [0.15, 0.2) is 0 Å². The summed E-state index contributed by atoms with van der Waals surface area (Å²) >= 11 is 0. The summed E-state index contributed by atoms with van der Waals surface area (Å²) in [4.78, 5) is 36.9. The molecule has 2 aliphatic heterocycles. The Morgan fingerprint density at radius 2 is 1.65 bits per heavy atom. The van der Waals surface area contributed by atoms with E-state index in [0.717, 1.165) is 65.1 Å². The number of rotatable bonds is 5. The zero-order valence-electron chi connectivity index (χ0n) is 20.0. The normalized spacial score (nSPS) is 19.3. The average Bonchev–Trinajstić information content (AvgIpc) is 3.66. The molecule has 3 aromatic rings. The number of amides is 3. The summed E-state index contributed by atoms with van der Waals surface area (Å²) in [6.45, 7) is 2.05. The smallest absolute Gasteiger partial charge is 0.406 e. The van der Waals surface area contributed by atoms with Crippen molar-refractivity contribution in [3.05, 3.63) is 60.3 Å². The summed E-state index contributed by atoms with van der Waals surface area (Å²) in [6.07, 6.45) is 1.48. The molecule has 0 unspecified atom stereocenters. The lowest BCUT2D eigenvalue weighted by molar-refractivity contribution is -0.274. The number of hydrogen-bond donors (Lipinski definition) is 0. The van der Waals surface area contributed by atoms with E-state index in [2.05, 4.69) is 14.6 Å². The topological polar surface area (TPSA) is 66.0 Å². The number of imide groups is 1. The average molecular weight is 511 g/mol. The van der Waals surface area contributed by atoms with E-state index in [-0.39, 0.29) is 18.1 Å². The van der Waals surface area contributed by atoms with Gasteiger partial charge in [0.2, 0.25) is 0 Å². The number of urea groups is 1. The summed E-state index contributed by atoms with van der Waals surface area (Å²) < 4.78 is 41.6. The molecule has 1 aliphatic carbocycles. The van der Waals surface area contributed by atoms with Crippen LogP contribution in [0.15, 0.2) is 54.7 Å². The predicted molar refractivity (Wildman–Crippen MR) is 131 cm³/mol. The van der Waals surface area contributed by atoms with Gasteiger partial charge in [0, 0.05) is 24.0 Å². The molecule has 1 aromatic heterocycles. The largest absolute Gasteiger partial charge is 0.573 e. The van der Waals surface area contributed by atoms with Gasteiger partial charge in [-0.1, -0.05) is 18.2 Å². The number of benzene rings is 2. The molecule has 192 valence electrons. The molecule has 2 saturated heterocycles. The van der Waals surface area contributed by atoms with Gasteiger partial charge < -0.3 is 14.5 Å². The molecule has 1 saturated carbocycles. The number of carbonyl (C=O) groups excluding carboxylic acids is 2. The van der Waals surface area contributed by atoms with E-state index < -0.39 is 23.7 Å². The first-order valence-electron chi connectivity index (χ1n) is 12.4. The molecule has 3 amide bonds. The first-order valence-corrected chi connectivity index (χ1v) is 12.4. The first kappa shape index (κ1) is 23.6. The van der Waals surface area contributed by atoms with Crippen LogP contribution < -0.4 is 14.5 Å². The number of para-hydroxylation sites is 1. The lowest BCUT2D eigenvalue weighted by Gasteiger charge is -2.32. The minimum atomic E-state index is -4.82. The summed E-state index contributed by atoms with van der Waals surface area (Å²) in [5, 5.41) is 0.939. The van der Waals surface area contributed by atoms with Gasteiger partial charge in [-0.2, -0.15) is 0 Å². The summed E-state index contributed by atoms with van der Waals surface area (Å²) in [7, 11) is 0. The van der Waals surface area contributed by atoms with Gasteiger partial charge in [-0.25, -0.2) is 9.69 Å². The molecule has 3 aliphatic rings. The van der Waals surface area contributed by atoms with Gasteiger partial charge in [-0.3, -0.25) is 9.78 Å². The molecular weight excluding hydrogens is 485 g/mol. The van der Waals surface area contributed by atoms with Crippen LogP contribution in [0.4, 0.5) is 29.3 Å². The van der Waals surface area contributed by atoms with Gasteiger partial charge in [-0.05, 0) is 62.4 Å². The van der Waals surface area contributed by atoms with Gasteiger partial charge in [0.25, 0.3) is 5.91 Å². The monoisotopic (exact) mass is 510 g/mol. The fourth-order valence-electron chi connectivity index (χ4n) is 5.48. The zero-order chi connectivity index (χ0) is 25.8.